The van der Waals surface area contributed by atoms with Crippen LogP contribution in [0.1, 0.15) is 106 Å². The maximum Gasteiger partial charge on any atom is -1.00 e. The van der Waals surface area contributed by atoms with Crippen molar-refractivity contribution in [2.75, 3.05) is 0 Å². The molecular formula is C45H46Cl2Zr. The zero-order valence-electron chi connectivity index (χ0n) is 29.5. The van der Waals surface area contributed by atoms with Gasteiger partial charge >= 0.3 is 286 Å². The van der Waals surface area contributed by atoms with Gasteiger partial charge in [0.25, 0.3) is 0 Å². The van der Waals surface area contributed by atoms with Gasteiger partial charge in [0, 0.05) is 0 Å². The fraction of sp³-hybridized carbons (Fsp3) is 0.267. The van der Waals surface area contributed by atoms with Crippen molar-refractivity contribution in [3.8, 4) is 11.1 Å². The van der Waals surface area contributed by atoms with E-state index in [1.165, 1.54) is 50.1 Å². The molecule has 1 unspecified atom stereocenters. The first kappa shape index (κ1) is 36.5. The fourth-order valence-corrected chi connectivity index (χ4v) is 18.1. The molecule has 5 aromatic rings. The Hall–Kier alpha value is -2.83. The molecule has 0 spiro atoms. The number of benzene rings is 5. The third-order valence-corrected chi connectivity index (χ3v) is 19.5. The Balaban J connectivity index is 0.00000225. The molecule has 0 fully saturated rings. The van der Waals surface area contributed by atoms with Crippen LogP contribution < -0.4 is 24.8 Å². The predicted octanol–water partition coefficient (Wildman–Crippen LogP) is 5.71. The van der Waals surface area contributed by atoms with Crippen molar-refractivity contribution in [3.05, 3.63) is 171 Å². The first-order chi connectivity index (χ1) is 21.9. The number of hydrogen-bond donors (Lipinski definition) is 0. The summed E-state index contributed by atoms with van der Waals surface area (Å²) in [7, 11) is 0. The number of allylic oxidation sites excluding steroid dienone is 1. The monoisotopic (exact) mass is 746 g/mol. The van der Waals surface area contributed by atoms with E-state index in [2.05, 4.69) is 177 Å². The minimum absolute atomic E-state index is 0. The summed E-state index contributed by atoms with van der Waals surface area (Å²) in [5, 5.41) is 0. The third-order valence-electron chi connectivity index (χ3n) is 10.2. The quantitative estimate of drug-likeness (QED) is 0.221. The molecule has 0 aromatic heterocycles. The van der Waals surface area contributed by atoms with E-state index < -0.39 is 21.3 Å². The molecule has 1 atom stereocenters. The van der Waals surface area contributed by atoms with Crippen LogP contribution in [0.5, 0.6) is 0 Å². The second kappa shape index (κ2) is 13.8. The van der Waals surface area contributed by atoms with Crippen molar-refractivity contribution in [1.82, 2.24) is 0 Å². The molecule has 0 radical (unpaired) electrons. The second-order valence-corrected chi connectivity index (χ2v) is 21.9. The summed E-state index contributed by atoms with van der Waals surface area (Å²) in [6.07, 6.45) is 2.50. The van der Waals surface area contributed by atoms with Gasteiger partial charge in [0.2, 0.25) is 0 Å². The van der Waals surface area contributed by atoms with E-state index in [0.717, 1.165) is 0 Å². The average Bonchev–Trinajstić information content (AvgIpc) is 3.52. The zero-order chi connectivity index (χ0) is 32.4. The maximum absolute atomic E-state index is 2.90. The molecule has 0 saturated heterocycles. The molecule has 0 bridgehead atoms. The van der Waals surface area contributed by atoms with Gasteiger partial charge in [0.15, 0.2) is 0 Å². The second-order valence-electron chi connectivity index (χ2n) is 15.6. The van der Waals surface area contributed by atoms with Crippen LogP contribution in [0.3, 0.4) is 0 Å². The summed E-state index contributed by atoms with van der Waals surface area (Å²) < 4.78 is 2.45. The maximum atomic E-state index is 2.61. The van der Waals surface area contributed by atoms with Crippen LogP contribution in [-0.2, 0) is 32.1 Å². The molecular weight excluding hydrogens is 703 g/mol. The van der Waals surface area contributed by atoms with Crippen molar-refractivity contribution in [1.29, 1.82) is 0 Å². The Morgan fingerprint density at radius 3 is 1.46 bits per heavy atom. The van der Waals surface area contributed by atoms with Crippen molar-refractivity contribution >= 4 is 9.28 Å². The van der Waals surface area contributed by atoms with Gasteiger partial charge in [-0.25, -0.2) is 0 Å². The van der Waals surface area contributed by atoms with Crippen molar-refractivity contribution < 1.29 is 46.1 Å². The van der Waals surface area contributed by atoms with Crippen LogP contribution in [0.25, 0.3) is 17.2 Å². The third kappa shape index (κ3) is 6.56. The Kier molecular flexibility index (Phi) is 10.5. The minimum Gasteiger partial charge on any atom is -1.00 e. The molecule has 2 aliphatic carbocycles. The summed E-state index contributed by atoms with van der Waals surface area (Å²) in [5.41, 5.74) is 17.6. The molecule has 0 amide bonds. The number of hydrogen-bond acceptors (Lipinski definition) is 0. The standard InChI is InChI=1S/C21H25.C13H10.C11H11.2ClH.Zr/c1-20(2,3)16-7-9-18-14(12-16)11-15-13-17(21(4,5)6)8-10-19(15)18;1-3-7-12(8-4-1)11-13-9-5-2-6-10-13;1-8-3-4-10-6-9(2)7-11(10)5-8;;;/h7-13H,1-6H3;1-10H;3-7H,1-2H3;2*1H;/q;;;;;+2/p-2. The molecule has 2 aliphatic rings. The molecule has 244 valence electrons. The van der Waals surface area contributed by atoms with E-state index in [4.69, 9.17) is 0 Å². The largest absolute Gasteiger partial charge is 1.00 e. The SMILES string of the molecule is CC1=Cc2ccc(C)cc2[CH]1[Zr+2](=[C](c1ccccc1)c1ccccc1)[CH]1c2cc(C(C)(C)C)ccc2-c2ccc(C(C)(C)C)cc21.[Cl-].[Cl-]. The van der Waals surface area contributed by atoms with E-state index in [1.54, 1.807) is 19.9 Å². The van der Waals surface area contributed by atoms with Crippen molar-refractivity contribution in [2.45, 2.75) is 73.5 Å². The van der Waals surface area contributed by atoms with Gasteiger partial charge in [-0.2, -0.15) is 0 Å². The van der Waals surface area contributed by atoms with Gasteiger partial charge in [-0.3, -0.25) is 0 Å². The van der Waals surface area contributed by atoms with Crippen LogP contribution in [0.2, 0.25) is 0 Å². The van der Waals surface area contributed by atoms with Crippen LogP contribution >= 0.6 is 0 Å². The molecule has 48 heavy (non-hydrogen) atoms. The van der Waals surface area contributed by atoms with Gasteiger partial charge in [-0.05, 0) is 0 Å². The Morgan fingerprint density at radius 1 is 0.521 bits per heavy atom. The van der Waals surface area contributed by atoms with Crippen LogP contribution in [0.4, 0.5) is 0 Å². The molecule has 0 heterocycles. The van der Waals surface area contributed by atoms with Gasteiger partial charge in [-0.1, -0.05) is 0 Å². The van der Waals surface area contributed by atoms with Gasteiger partial charge < -0.3 is 24.8 Å². The summed E-state index contributed by atoms with van der Waals surface area (Å²) in [5.74, 6) is 0. The molecule has 0 N–H and O–H groups in total. The van der Waals surface area contributed by atoms with E-state index in [9.17, 15) is 0 Å². The predicted molar refractivity (Wildman–Crippen MR) is 195 cm³/mol. The molecule has 3 heteroatoms. The topological polar surface area (TPSA) is 0 Å². The minimum atomic E-state index is -2.90. The molecule has 5 aromatic carbocycles. The fourth-order valence-electron chi connectivity index (χ4n) is 7.76. The summed E-state index contributed by atoms with van der Waals surface area (Å²) in [6, 6.07) is 44.9. The number of rotatable bonds is 4. The Morgan fingerprint density at radius 2 is 1.00 bits per heavy atom. The van der Waals surface area contributed by atoms with E-state index >= 15 is 0 Å². The molecule has 0 aliphatic heterocycles. The first-order valence-electron chi connectivity index (χ1n) is 16.8. The number of halogens is 2. The van der Waals surface area contributed by atoms with E-state index in [1.807, 2.05) is 0 Å². The van der Waals surface area contributed by atoms with Gasteiger partial charge in [0.05, 0.1) is 0 Å². The summed E-state index contributed by atoms with van der Waals surface area (Å²) >= 11 is -2.90. The molecule has 0 nitrogen and oxygen atoms in total. The molecule has 0 saturated carbocycles. The smallest absolute Gasteiger partial charge is 1.00 e. The van der Waals surface area contributed by atoms with Crippen molar-refractivity contribution in [3.63, 3.8) is 0 Å². The zero-order valence-corrected chi connectivity index (χ0v) is 33.4. The normalized spacial score (nSPS) is 14.8. The Labute approximate surface area is 308 Å². The van der Waals surface area contributed by atoms with Gasteiger partial charge in [0.1, 0.15) is 0 Å². The average molecular weight is 749 g/mol. The number of fused-ring (bicyclic) bond motifs is 4. The molecule has 7 rings (SSSR count). The van der Waals surface area contributed by atoms with E-state index in [-0.39, 0.29) is 35.6 Å². The van der Waals surface area contributed by atoms with Crippen molar-refractivity contribution in [2.24, 2.45) is 0 Å². The first-order valence-corrected chi connectivity index (χ1v) is 20.9. The number of aryl methyl sites for hydroxylation is 1. The summed E-state index contributed by atoms with van der Waals surface area (Å²) in [6.45, 7) is 18.8. The van der Waals surface area contributed by atoms with E-state index in [0.29, 0.717) is 7.25 Å². The van der Waals surface area contributed by atoms with Crippen LogP contribution in [0.15, 0.2) is 121 Å². The van der Waals surface area contributed by atoms with Crippen LogP contribution in [0, 0.1) is 6.92 Å². The van der Waals surface area contributed by atoms with Crippen LogP contribution in [-0.4, -0.2) is 3.21 Å². The summed E-state index contributed by atoms with van der Waals surface area (Å²) in [4.78, 5) is 0. The Bertz CT molecular complexity index is 1920. The van der Waals surface area contributed by atoms with Gasteiger partial charge in [-0.15, -0.1) is 0 Å².